The molecule has 15 heavy (non-hydrogen) atoms. The highest BCUT2D eigenvalue weighted by Crippen LogP contribution is 2.29. The maximum Gasteiger partial charge on any atom is 0.0794 e. The third-order valence-electron chi connectivity index (χ3n) is 2.81. The molecule has 0 saturated carbocycles. The normalized spacial score (nSPS) is 20.0. The fourth-order valence-electron chi connectivity index (χ4n) is 1.83. The van der Waals surface area contributed by atoms with Crippen LogP contribution in [0.5, 0.6) is 0 Å². The fourth-order valence-corrected chi connectivity index (χ4v) is 2.37. The van der Waals surface area contributed by atoms with Gasteiger partial charge in [0.25, 0.3) is 0 Å². The molecule has 2 rings (SSSR count). The average Bonchev–Trinajstić information content (AvgIpc) is 2.10. The Bertz CT molecular complexity index is 343. The van der Waals surface area contributed by atoms with Crippen LogP contribution in [-0.4, -0.2) is 29.2 Å². The first-order valence-corrected chi connectivity index (χ1v) is 5.70. The molecule has 2 nitrogen and oxygen atoms in total. The van der Waals surface area contributed by atoms with Crippen LogP contribution >= 0.6 is 23.2 Å². The Labute approximate surface area is 99.4 Å². The van der Waals surface area contributed by atoms with E-state index in [1.165, 1.54) is 0 Å². The second kappa shape index (κ2) is 4.30. The van der Waals surface area contributed by atoms with Crippen LogP contribution in [0, 0.1) is 0 Å². The van der Waals surface area contributed by atoms with Gasteiger partial charge in [-0.15, -0.1) is 0 Å². The summed E-state index contributed by atoms with van der Waals surface area (Å²) < 4.78 is 0. The standard InChI is InChI=1S/C11H13Cl2NO/c1-7(14-5-11(15)6-14)8-2-9(12)4-10(13)3-8/h2-4,7,11,15H,5-6H2,1H3/t7-/m1/s1. The lowest BCUT2D eigenvalue weighted by Crippen LogP contribution is -2.51. The highest BCUT2D eigenvalue weighted by molar-refractivity contribution is 6.34. The molecule has 0 unspecified atom stereocenters. The minimum Gasteiger partial charge on any atom is -0.390 e. The van der Waals surface area contributed by atoms with E-state index in [0.29, 0.717) is 10.0 Å². The Morgan fingerprint density at radius 2 is 1.80 bits per heavy atom. The lowest BCUT2D eigenvalue weighted by molar-refractivity contribution is -0.0211. The van der Waals surface area contributed by atoms with Gasteiger partial charge in [0.15, 0.2) is 0 Å². The molecule has 1 aliphatic heterocycles. The molecule has 1 heterocycles. The molecule has 1 saturated heterocycles. The van der Waals surface area contributed by atoms with Crippen LogP contribution in [0.1, 0.15) is 18.5 Å². The maximum absolute atomic E-state index is 9.23. The number of halogens is 2. The zero-order valence-electron chi connectivity index (χ0n) is 8.45. The van der Waals surface area contributed by atoms with Gasteiger partial charge in [-0.3, -0.25) is 4.90 Å². The summed E-state index contributed by atoms with van der Waals surface area (Å²) in [5.74, 6) is 0. The molecule has 1 atom stereocenters. The summed E-state index contributed by atoms with van der Waals surface area (Å²) in [4.78, 5) is 2.19. The minimum atomic E-state index is -0.179. The summed E-state index contributed by atoms with van der Waals surface area (Å²) in [5.41, 5.74) is 1.10. The van der Waals surface area contributed by atoms with Crippen LogP contribution in [0.15, 0.2) is 18.2 Å². The molecular weight excluding hydrogens is 233 g/mol. The number of likely N-dealkylation sites (tertiary alicyclic amines) is 1. The Kier molecular flexibility index (Phi) is 3.21. The molecule has 1 aromatic rings. The van der Waals surface area contributed by atoms with E-state index in [2.05, 4.69) is 11.8 Å². The quantitative estimate of drug-likeness (QED) is 0.867. The van der Waals surface area contributed by atoms with Gasteiger partial charge in [0.1, 0.15) is 0 Å². The summed E-state index contributed by atoms with van der Waals surface area (Å²) in [6.07, 6.45) is -0.179. The highest BCUT2D eigenvalue weighted by Gasteiger charge is 2.29. The molecule has 0 amide bonds. The van der Waals surface area contributed by atoms with Crippen molar-refractivity contribution in [3.63, 3.8) is 0 Å². The molecular formula is C11H13Cl2NO. The predicted molar refractivity (Wildman–Crippen MR) is 62.5 cm³/mol. The van der Waals surface area contributed by atoms with Gasteiger partial charge >= 0.3 is 0 Å². The number of β-amino-alcohol motifs (C(OH)–C–C–N with tert-alkyl or cyclic N) is 1. The summed E-state index contributed by atoms with van der Waals surface area (Å²) in [5, 5.41) is 10.5. The van der Waals surface area contributed by atoms with Crippen LogP contribution in [0.3, 0.4) is 0 Å². The molecule has 0 radical (unpaired) electrons. The summed E-state index contributed by atoms with van der Waals surface area (Å²) in [7, 11) is 0. The first-order valence-electron chi connectivity index (χ1n) is 4.94. The van der Waals surface area contributed by atoms with Crippen molar-refractivity contribution in [1.29, 1.82) is 0 Å². The van der Waals surface area contributed by atoms with Crippen LogP contribution in [0.2, 0.25) is 10.0 Å². The van der Waals surface area contributed by atoms with Crippen LogP contribution in [0.4, 0.5) is 0 Å². The van der Waals surface area contributed by atoms with Crippen molar-refractivity contribution in [1.82, 2.24) is 4.90 Å². The maximum atomic E-state index is 9.23. The van der Waals surface area contributed by atoms with Crippen molar-refractivity contribution in [3.8, 4) is 0 Å². The molecule has 82 valence electrons. The smallest absolute Gasteiger partial charge is 0.0794 e. The summed E-state index contributed by atoms with van der Waals surface area (Å²) >= 11 is 11.9. The first-order chi connectivity index (χ1) is 7.06. The second-order valence-electron chi connectivity index (χ2n) is 3.99. The molecule has 1 fully saturated rings. The van der Waals surface area contributed by atoms with Crippen molar-refractivity contribution in [3.05, 3.63) is 33.8 Å². The van der Waals surface area contributed by atoms with E-state index in [4.69, 9.17) is 23.2 Å². The molecule has 1 N–H and O–H groups in total. The van der Waals surface area contributed by atoms with Gasteiger partial charge in [-0.25, -0.2) is 0 Å². The number of hydrogen-bond acceptors (Lipinski definition) is 2. The molecule has 0 spiro atoms. The second-order valence-corrected chi connectivity index (χ2v) is 4.86. The fraction of sp³-hybridized carbons (Fsp3) is 0.455. The highest BCUT2D eigenvalue weighted by atomic mass is 35.5. The van der Waals surface area contributed by atoms with Crippen LogP contribution < -0.4 is 0 Å². The molecule has 1 aromatic carbocycles. The minimum absolute atomic E-state index is 0.179. The van der Waals surface area contributed by atoms with Crippen molar-refractivity contribution < 1.29 is 5.11 Å². The van der Waals surface area contributed by atoms with Gasteiger partial charge in [-0.1, -0.05) is 23.2 Å². The number of aliphatic hydroxyl groups excluding tert-OH is 1. The van der Waals surface area contributed by atoms with E-state index in [0.717, 1.165) is 18.7 Å². The Morgan fingerprint density at radius 1 is 1.27 bits per heavy atom. The van der Waals surface area contributed by atoms with Gasteiger partial charge in [0.2, 0.25) is 0 Å². The van der Waals surface area contributed by atoms with E-state index >= 15 is 0 Å². The van der Waals surface area contributed by atoms with Crippen molar-refractivity contribution >= 4 is 23.2 Å². The Hall–Kier alpha value is -0.280. The molecule has 0 bridgehead atoms. The van der Waals surface area contributed by atoms with Gasteiger partial charge in [0.05, 0.1) is 6.10 Å². The van der Waals surface area contributed by atoms with E-state index < -0.39 is 0 Å². The van der Waals surface area contributed by atoms with E-state index in [9.17, 15) is 5.11 Å². The summed E-state index contributed by atoms with van der Waals surface area (Å²) in [6.45, 7) is 3.55. The van der Waals surface area contributed by atoms with E-state index in [1.807, 2.05) is 12.1 Å². The lowest BCUT2D eigenvalue weighted by atomic mass is 10.0. The van der Waals surface area contributed by atoms with Crippen LogP contribution in [0.25, 0.3) is 0 Å². The van der Waals surface area contributed by atoms with Gasteiger partial charge < -0.3 is 5.11 Å². The number of nitrogens with zero attached hydrogens (tertiary/aromatic N) is 1. The SMILES string of the molecule is C[C@H](c1cc(Cl)cc(Cl)c1)N1CC(O)C1. The zero-order chi connectivity index (χ0) is 11.0. The van der Waals surface area contributed by atoms with Crippen molar-refractivity contribution in [2.24, 2.45) is 0 Å². The van der Waals surface area contributed by atoms with Gasteiger partial charge in [-0.05, 0) is 30.7 Å². The monoisotopic (exact) mass is 245 g/mol. The number of benzene rings is 1. The predicted octanol–water partition coefficient (Wildman–Crippen LogP) is 2.73. The third-order valence-corrected chi connectivity index (χ3v) is 3.24. The average molecular weight is 246 g/mol. The lowest BCUT2D eigenvalue weighted by Gasteiger charge is -2.40. The first kappa shape index (κ1) is 11.2. The largest absolute Gasteiger partial charge is 0.390 e. The molecule has 1 aliphatic rings. The van der Waals surface area contributed by atoms with Gasteiger partial charge in [0, 0.05) is 29.2 Å². The molecule has 4 heteroatoms. The number of hydrogen-bond donors (Lipinski definition) is 1. The number of rotatable bonds is 2. The summed E-state index contributed by atoms with van der Waals surface area (Å²) in [6, 6.07) is 5.82. The Balaban J connectivity index is 2.14. The topological polar surface area (TPSA) is 23.5 Å². The van der Waals surface area contributed by atoms with E-state index in [1.54, 1.807) is 6.07 Å². The number of aliphatic hydroxyl groups is 1. The molecule has 0 aliphatic carbocycles. The van der Waals surface area contributed by atoms with Crippen molar-refractivity contribution in [2.45, 2.75) is 19.1 Å². The Morgan fingerprint density at radius 3 is 2.27 bits per heavy atom. The third kappa shape index (κ3) is 2.45. The van der Waals surface area contributed by atoms with Crippen LogP contribution in [-0.2, 0) is 0 Å². The van der Waals surface area contributed by atoms with E-state index in [-0.39, 0.29) is 12.1 Å². The van der Waals surface area contributed by atoms with Gasteiger partial charge in [-0.2, -0.15) is 0 Å². The molecule has 0 aromatic heterocycles. The zero-order valence-corrected chi connectivity index (χ0v) is 9.96. The van der Waals surface area contributed by atoms with Crippen molar-refractivity contribution in [2.75, 3.05) is 13.1 Å².